The lowest BCUT2D eigenvalue weighted by atomic mass is 10.0. The van der Waals surface area contributed by atoms with Crippen LogP contribution in [0.25, 0.3) is 33.6 Å². The zero-order chi connectivity index (χ0) is 32.5. The van der Waals surface area contributed by atoms with Gasteiger partial charge in [0.25, 0.3) is 11.5 Å². The van der Waals surface area contributed by atoms with Gasteiger partial charge in [0.15, 0.2) is 0 Å². The van der Waals surface area contributed by atoms with Gasteiger partial charge in [0.05, 0.1) is 39.8 Å². The summed E-state index contributed by atoms with van der Waals surface area (Å²) in [5, 5.41) is 5.52. The zero-order valence-electron chi connectivity index (χ0n) is 25.0. The summed E-state index contributed by atoms with van der Waals surface area (Å²) in [6.45, 7) is 9.54. The number of nitrogens with one attached hydrogen (secondary N) is 1. The Morgan fingerprint density at radius 3 is 2.64 bits per heavy atom. The Balaban J connectivity index is 1.74. The van der Waals surface area contributed by atoms with Gasteiger partial charge in [-0.25, -0.2) is 4.98 Å². The number of benzene rings is 1. The molecule has 1 aliphatic rings. The van der Waals surface area contributed by atoms with Gasteiger partial charge in [-0.1, -0.05) is 17.2 Å². The van der Waals surface area contributed by atoms with Crippen LogP contribution in [0.2, 0.25) is 5.02 Å². The number of nitrogens with zero attached hydrogens (tertiary/aromatic N) is 4. The summed E-state index contributed by atoms with van der Waals surface area (Å²) in [5.74, 6) is 0.235. The molecule has 0 unspecified atom stereocenters. The molecule has 5 rings (SSSR count). The summed E-state index contributed by atoms with van der Waals surface area (Å²) in [6.07, 6.45) is -1.71. The normalized spacial score (nSPS) is 15.2. The van der Waals surface area contributed by atoms with Crippen LogP contribution >= 0.6 is 22.9 Å². The number of ether oxygens (including phenoxy) is 1. The Hall–Kier alpha value is -4.00. The second-order valence-electron chi connectivity index (χ2n) is 10.8. The summed E-state index contributed by atoms with van der Waals surface area (Å²) in [7, 11) is 0. The van der Waals surface area contributed by atoms with E-state index >= 15 is 0 Å². The van der Waals surface area contributed by atoms with Gasteiger partial charge in [0.2, 0.25) is 0 Å². The quantitative estimate of drug-likeness (QED) is 0.231. The molecular weight excluding hydrogens is 627 g/mol. The molecule has 1 N–H and O–H groups in total. The van der Waals surface area contributed by atoms with Crippen LogP contribution in [-0.4, -0.2) is 57.6 Å². The summed E-state index contributed by atoms with van der Waals surface area (Å²) in [5.41, 5.74) is 1.16. The number of piperazine rings is 1. The van der Waals surface area contributed by atoms with Gasteiger partial charge in [-0.3, -0.25) is 19.1 Å². The summed E-state index contributed by atoms with van der Waals surface area (Å²) in [6, 6.07) is 8.78. The van der Waals surface area contributed by atoms with Gasteiger partial charge in [-0.15, -0.1) is 11.3 Å². The molecule has 13 heteroatoms. The van der Waals surface area contributed by atoms with Crippen LogP contribution < -0.4 is 15.6 Å². The largest absolute Gasteiger partial charge is 0.494 e. The molecule has 1 amide bonds. The standard InChI is InChI=1S/C32H31ClF3N5O3S/c1-5-44-21-7-8-24(33)27(13-21)41-26(12-18(2)3)22(30(42)40-11-10-37-19(4)16-40)14-23(31(41)43)29-39-25(17-45-29)20-6-9-28(38-15-20)32(34,35)36/h6-9,12-15,17,19,37H,5,10-11,16H2,1-4H3/t19-/m0/s1. The lowest BCUT2D eigenvalue weighted by Gasteiger charge is -2.32. The van der Waals surface area contributed by atoms with Gasteiger partial charge >= 0.3 is 6.18 Å². The molecule has 0 aliphatic carbocycles. The van der Waals surface area contributed by atoms with Crippen molar-refractivity contribution in [2.24, 2.45) is 0 Å². The Bertz CT molecular complexity index is 1810. The van der Waals surface area contributed by atoms with E-state index in [-0.39, 0.29) is 33.1 Å². The average molecular weight is 658 g/mol. The zero-order valence-corrected chi connectivity index (χ0v) is 26.6. The number of thiazole rings is 1. The maximum atomic E-state index is 14.4. The van der Waals surface area contributed by atoms with Gasteiger partial charge in [-0.2, -0.15) is 13.2 Å². The smallest absolute Gasteiger partial charge is 0.433 e. The van der Waals surface area contributed by atoms with Crippen molar-refractivity contribution >= 4 is 34.9 Å². The van der Waals surface area contributed by atoms with E-state index in [0.717, 1.165) is 29.2 Å². The first kappa shape index (κ1) is 32.4. The second-order valence-corrected chi connectivity index (χ2v) is 12.1. The van der Waals surface area contributed by atoms with Crippen molar-refractivity contribution in [1.29, 1.82) is 0 Å². The minimum atomic E-state index is -4.57. The van der Waals surface area contributed by atoms with Crippen LogP contribution in [0.15, 0.2) is 58.3 Å². The predicted octanol–water partition coefficient (Wildman–Crippen LogP) is 6.95. The first-order valence-electron chi connectivity index (χ1n) is 14.3. The number of aromatic nitrogens is 3. The third kappa shape index (κ3) is 6.98. The minimum absolute atomic E-state index is 0.0798. The van der Waals surface area contributed by atoms with Crippen molar-refractivity contribution in [3.8, 4) is 33.3 Å². The van der Waals surface area contributed by atoms with E-state index in [0.29, 0.717) is 54.6 Å². The molecule has 1 atom stereocenters. The highest BCUT2D eigenvalue weighted by molar-refractivity contribution is 7.13. The first-order chi connectivity index (χ1) is 21.4. The van der Waals surface area contributed by atoms with E-state index in [4.69, 9.17) is 16.3 Å². The SMILES string of the molecule is CCOc1ccc(Cl)c(-n2c(C=C(C)C)c(C(=O)N3CCN[C@@H](C)C3)cc(-c3nc(-c4ccc(C(F)(F)F)nc4)cs3)c2=O)c1. The van der Waals surface area contributed by atoms with E-state index in [9.17, 15) is 22.8 Å². The van der Waals surface area contributed by atoms with Gasteiger partial charge in [0, 0.05) is 48.9 Å². The highest BCUT2D eigenvalue weighted by Crippen LogP contribution is 2.34. The van der Waals surface area contributed by atoms with Crippen LogP contribution in [-0.2, 0) is 6.18 Å². The van der Waals surface area contributed by atoms with Crippen molar-refractivity contribution in [1.82, 2.24) is 24.8 Å². The number of hydrogen-bond donors (Lipinski definition) is 1. The predicted molar refractivity (Wildman–Crippen MR) is 170 cm³/mol. The molecule has 1 saturated heterocycles. The van der Waals surface area contributed by atoms with Crippen LogP contribution in [0.4, 0.5) is 13.2 Å². The van der Waals surface area contributed by atoms with Crippen LogP contribution in [0, 0.1) is 0 Å². The number of pyridine rings is 2. The fourth-order valence-corrected chi connectivity index (χ4v) is 6.10. The fraction of sp³-hybridized carbons (Fsp3) is 0.312. The van der Waals surface area contributed by atoms with Crippen molar-refractivity contribution in [2.75, 3.05) is 26.2 Å². The van der Waals surface area contributed by atoms with Gasteiger partial charge in [0.1, 0.15) is 16.5 Å². The van der Waals surface area contributed by atoms with Gasteiger partial charge < -0.3 is 15.0 Å². The van der Waals surface area contributed by atoms with Crippen LogP contribution in [0.3, 0.4) is 0 Å². The highest BCUT2D eigenvalue weighted by Gasteiger charge is 2.32. The van der Waals surface area contributed by atoms with E-state index in [2.05, 4.69) is 15.3 Å². The molecule has 1 aliphatic heterocycles. The number of hydrogen-bond acceptors (Lipinski definition) is 7. The molecule has 0 saturated carbocycles. The summed E-state index contributed by atoms with van der Waals surface area (Å²) >= 11 is 7.83. The number of rotatable bonds is 7. The van der Waals surface area contributed by atoms with E-state index in [1.165, 1.54) is 10.6 Å². The second kappa shape index (κ2) is 13.2. The van der Waals surface area contributed by atoms with E-state index in [1.807, 2.05) is 27.7 Å². The molecule has 8 nitrogen and oxygen atoms in total. The Morgan fingerprint density at radius 1 is 1.22 bits per heavy atom. The Labute approximate surface area is 267 Å². The number of alkyl halides is 3. The monoisotopic (exact) mass is 657 g/mol. The molecule has 1 aromatic carbocycles. The number of amides is 1. The maximum absolute atomic E-state index is 14.4. The molecule has 4 aromatic rings. The molecule has 236 valence electrons. The number of halogens is 4. The lowest BCUT2D eigenvalue weighted by Crippen LogP contribution is -2.51. The number of carbonyl (C=O) groups is 1. The molecule has 0 spiro atoms. The van der Waals surface area contributed by atoms with Crippen molar-refractivity contribution in [2.45, 2.75) is 39.9 Å². The molecule has 0 radical (unpaired) electrons. The Morgan fingerprint density at radius 2 is 2.00 bits per heavy atom. The molecule has 45 heavy (non-hydrogen) atoms. The number of allylic oxidation sites excluding steroid dienone is 1. The molecular formula is C32H31ClF3N5O3S. The van der Waals surface area contributed by atoms with Crippen molar-refractivity contribution in [3.05, 3.63) is 85.9 Å². The summed E-state index contributed by atoms with van der Waals surface area (Å²) in [4.78, 5) is 38.5. The highest BCUT2D eigenvalue weighted by atomic mass is 35.5. The van der Waals surface area contributed by atoms with Crippen LogP contribution in [0.1, 0.15) is 49.4 Å². The molecule has 1 fully saturated rings. The maximum Gasteiger partial charge on any atom is 0.433 e. The average Bonchev–Trinajstić information content (AvgIpc) is 3.48. The van der Waals surface area contributed by atoms with Gasteiger partial charge in [-0.05, 0) is 64.1 Å². The topological polar surface area (TPSA) is 89.3 Å². The fourth-order valence-electron chi connectivity index (χ4n) is 5.06. The third-order valence-electron chi connectivity index (χ3n) is 7.10. The molecule has 4 heterocycles. The van der Waals surface area contributed by atoms with Crippen molar-refractivity contribution in [3.63, 3.8) is 0 Å². The van der Waals surface area contributed by atoms with E-state index in [1.54, 1.807) is 40.6 Å². The molecule has 0 bridgehead atoms. The number of carbonyl (C=O) groups excluding carboxylic acids is 1. The third-order valence-corrected chi connectivity index (χ3v) is 8.30. The first-order valence-corrected chi connectivity index (χ1v) is 15.5. The van der Waals surface area contributed by atoms with Crippen LogP contribution in [0.5, 0.6) is 5.75 Å². The molecule has 3 aromatic heterocycles. The lowest BCUT2D eigenvalue weighted by molar-refractivity contribution is -0.141. The minimum Gasteiger partial charge on any atom is -0.494 e. The van der Waals surface area contributed by atoms with Crippen molar-refractivity contribution < 1.29 is 22.7 Å². The summed E-state index contributed by atoms with van der Waals surface area (Å²) < 4.78 is 46.3. The Kier molecular flexibility index (Phi) is 9.47. The van der Waals surface area contributed by atoms with E-state index < -0.39 is 17.4 Å².